The number of anilines is 1. The van der Waals surface area contributed by atoms with Crippen molar-refractivity contribution < 1.29 is 13.6 Å². The molecule has 4 N–H and O–H groups in total. The summed E-state index contributed by atoms with van der Waals surface area (Å²) in [7, 11) is 0. The Labute approximate surface area is 162 Å². The molecule has 0 radical (unpaired) electrons. The summed E-state index contributed by atoms with van der Waals surface area (Å²) in [6.07, 6.45) is 4.76. The molecule has 1 aliphatic heterocycles. The number of rotatable bonds is 4. The fraction of sp³-hybridized carbons (Fsp3) is 0.286. The highest BCUT2D eigenvalue weighted by atomic mass is 19.3. The van der Waals surface area contributed by atoms with E-state index in [1.54, 1.807) is 0 Å². The molecule has 0 aromatic heterocycles. The fourth-order valence-electron chi connectivity index (χ4n) is 3.60. The maximum Gasteiger partial charge on any atom is 0.280 e. The zero-order valence-corrected chi connectivity index (χ0v) is 15.4. The lowest BCUT2D eigenvalue weighted by Gasteiger charge is -2.31. The Hall–Kier alpha value is -2.93. The van der Waals surface area contributed by atoms with Gasteiger partial charge >= 0.3 is 0 Å². The molecular weight excluding hydrogens is 362 g/mol. The number of hydrazine groups is 1. The summed E-state index contributed by atoms with van der Waals surface area (Å²) in [5.41, 5.74) is 4.55. The molecule has 5 nitrogen and oxygen atoms in total. The number of benzene rings is 1. The number of aryl methyl sites for hydroxylation is 2. The van der Waals surface area contributed by atoms with Crippen molar-refractivity contribution in [1.82, 2.24) is 10.3 Å². The van der Waals surface area contributed by atoms with Crippen molar-refractivity contribution in [2.24, 2.45) is 5.84 Å². The quantitative estimate of drug-likeness (QED) is 0.549. The number of amides is 1. The van der Waals surface area contributed by atoms with Crippen LogP contribution in [0.4, 0.5) is 14.5 Å². The number of carbonyl (C=O) groups excluding carboxylic acids is 1. The number of fused-ring (bicyclic) bond motifs is 1. The van der Waals surface area contributed by atoms with E-state index in [0.717, 1.165) is 42.7 Å². The predicted octanol–water partition coefficient (Wildman–Crippen LogP) is 3.49. The fourth-order valence-corrected chi connectivity index (χ4v) is 3.60. The summed E-state index contributed by atoms with van der Waals surface area (Å²) in [6.45, 7) is 3.68. The first-order valence-electron chi connectivity index (χ1n) is 9.31. The van der Waals surface area contributed by atoms with Crippen LogP contribution in [-0.2, 0) is 17.6 Å². The van der Waals surface area contributed by atoms with Crippen molar-refractivity contribution in [3.63, 3.8) is 0 Å². The third-order valence-electron chi connectivity index (χ3n) is 5.23. The van der Waals surface area contributed by atoms with E-state index in [2.05, 4.69) is 17.2 Å². The van der Waals surface area contributed by atoms with Crippen LogP contribution in [0.5, 0.6) is 0 Å². The molecule has 3 aliphatic rings. The van der Waals surface area contributed by atoms with E-state index in [-0.39, 0.29) is 17.1 Å². The van der Waals surface area contributed by atoms with Crippen LogP contribution in [-0.4, -0.2) is 17.3 Å². The maximum atomic E-state index is 13.5. The van der Waals surface area contributed by atoms with Gasteiger partial charge in [0.1, 0.15) is 11.5 Å². The molecule has 1 aromatic rings. The summed E-state index contributed by atoms with van der Waals surface area (Å²) in [5.74, 6) is 5.54. The number of hydrogen-bond donors (Lipinski definition) is 3. The Morgan fingerprint density at radius 1 is 1.25 bits per heavy atom. The maximum absolute atomic E-state index is 13.5. The number of nitrogens with zero attached hydrogens (tertiary/aromatic N) is 1. The number of nitrogens with two attached hydrogens (primary N) is 1. The second-order valence-electron chi connectivity index (χ2n) is 7.14. The monoisotopic (exact) mass is 384 g/mol. The zero-order valence-electron chi connectivity index (χ0n) is 15.4. The van der Waals surface area contributed by atoms with Gasteiger partial charge in [0, 0.05) is 11.4 Å². The standard InChI is InChI=1S/C21H22F2N4O/c1-2-16(21(28)25-15-9-8-12-4-3-5-14(12)10-15)20-26-17(13-6-7-13)11-18(19(22)23)27(20)24/h2,8-11,19,26H,1,3-7,24H2,(H,25,28)/b20-16+. The van der Waals surface area contributed by atoms with Gasteiger partial charge < -0.3 is 10.6 Å². The molecule has 7 heteroatoms. The van der Waals surface area contributed by atoms with E-state index in [0.29, 0.717) is 11.4 Å². The minimum absolute atomic E-state index is 0.0980. The van der Waals surface area contributed by atoms with Crippen LogP contribution in [0.15, 0.2) is 65.3 Å². The Morgan fingerprint density at radius 2 is 2.00 bits per heavy atom. The molecule has 28 heavy (non-hydrogen) atoms. The minimum atomic E-state index is -2.76. The van der Waals surface area contributed by atoms with Crippen LogP contribution in [0, 0.1) is 0 Å². The van der Waals surface area contributed by atoms with E-state index in [9.17, 15) is 13.6 Å². The van der Waals surface area contributed by atoms with Crippen LogP contribution < -0.4 is 16.5 Å². The van der Waals surface area contributed by atoms with Crippen molar-refractivity contribution >= 4 is 11.6 Å². The summed E-state index contributed by atoms with van der Waals surface area (Å²) in [5, 5.41) is 6.69. The second-order valence-corrected chi connectivity index (χ2v) is 7.14. The van der Waals surface area contributed by atoms with Crippen LogP contribution in [0.3, 0.4) is 0 Å². The Balaban J connectivity index is 1.65. The average molecular weight is 384 g/mol. The third kappa shape index (κ3) is 3.45. The normalized spacial score (nSPS) is 19.9. The van der Waals surface area contributed by atoms with Crippen molar-refractivity contribution in [3.8, 4) is 0 Å². The molecule has 146 valence electrons. The van der Waals surface area contributed by atoms with Gasteiger partial charge in [-0.15, -0.1) is 0 Å². The van der Waals surface area contributed by atoms with Gasteiger partial charge in [0.2, 0.25) is 0 Å². The number of hydrogen-bond acceptors (Lipinski definition) is 4. The van der Waals surface area contributed by atoms with Crippen LogP contribution in [0.2, 0.25) is 0 Å². The van der Waals surface area contributed by atoms with E-state index >= 15 is 0 Å². The van der Waals surface area contributed by atoms with Gasteiger partial charge in [0.05, 0.1) is 5.57 Å². The second kappa shape index (κ2) is 7.24. The molecule has 0 saturated heterocycles. The van der Waals surface area contributed by atoms with E-state index in [4.69, 9.17) is 5.84 Å². The zero-order chi connectivity index (χ0) is 19.8. The molecule has 0 bridgehead atoms. The number of nitrogens with one attached hydrogen (secondary N) is 2. The average Bonchev–Trinajstić information content (AvgIpc) is 3.41. The highest BCUT2D eigenvalue weighted by Crippen LogP contribution is 2.35. The number of alkyl halides is 2. The van der Waals surface area contributed by atoms with Gasteiger partial charge in [-0.3, -0.25) is 9.80 Å². The molecule has 0 atom stereocenters. The lowest BCUT2D eigenvalue weighted by atomic mass is 10.1. The predicted molar refractivity (Wildman–Crippen MR) is 104 cm³/mol. The lowest BCUT2D eigenvalue weighted by Crippen LogP contribution is -2.43. The van der Waals surface area contributed by atoms with Crippen molar-refractivity contribution in [2.45, 2.75) is 38.5 Å². The molecule has 4 rings (SSSR count). The Morgan fingerprint density at radius 3 is 2.68 bits per heavy atom. The number of carbonyl (C=O) groups is 1. The molecule has 1 heterocycles. The third-order valence-corrected chi connectivity index (χ3v) is 5.23. The molecule has 1 saturated carbocycles. The van der Waals surface area contributed by atoms with Crippen LogP contribution in [0.1, 0.15) is 30.4 Å². The first-order valence-corrected chi connectivity index (χ1v) is 9.31. The summed E-state index contributed by atoms with van der Waals surface area (Å²) < 4.78 is 26.9. The van der Waals surface area contributed by atoms with Crippen LogP contribution >= 0.6 is 0 Å². The first-order chi connectivity index (χ1) is 13.5. The highest BCUT2D eigenvalue weighted by Gasteiger charge is 2.31. The minimum Gasteiger partial charge on any atom is -0.340 e. The molecule has 1 amide bonds. The molecule has 1 fully saturated rings. The largest absolute Gasteiger partial charge is 0.340 e. The number of halogens is 2. The van der Waals surface area contributed by atoms with Crippen molar-refractivity contribution in [3.05, 3.63) is 76.4 Å². The number of allylic oxidation sites excluding steroid dienone is 3. The molecule has 1 aromatic carbocycles. The van der Waals surface area contributed by atoms with Gasteiger partial charge in [0.25, 0.3) is 12.3 Å². The smallest absolute Gasteiger partial charge is 0.280 e. The lowest BCUT2D eigenvalue weighted by molar-refractivity contribution is -0.112. The molecular formula is C21H22F2N4O. The van der Waals surface area contributed by atoms with Crippen LogP contribution in [0.25, 0.3) is 0 Å². The summed E-state index contributed by atoms with van der Waals surface area (Å²) in [4.78, 5) is 12.9. The summed E-state index contributed by atoms with van der Waals surface area (Å²) in [6, 6.07) is 5.83. The van der Waals surface area contributed by atoms with Crippen molar-refractivity contribution in [2.75, 3.05) is 5.32 Å². The summed E-state index contributed by atoms with van der Waals surface area (Å²) >= 11 is 0. The topological polar surface area (TPSA) is 70.4 Å². The van der Waals surface area contributed by atoms with Gasteiger partial charge in [-0.25, -0.2) is 14.6 Å². The Kier molecular flexibility index (Phi) is 4.77. The van der Waals surface area contributed by atoms with Gasteiger partial charge in [-0.05, 0) is 67.0 Å². The SMILES string of the molecule is C=C/C(C(=O)Nc1ccc2c(c1)CCC2)=C1/NC(=C2CC2)C=C(C(F)F)N1N. The Bertz CT molecular complexity index is 940. The van der Waals surface area contributed by atoms with E-state index < -0.39 is 12.3 Å². The van der Waals surface area contributed by atoms with Crippen molar-refractivity contribution in [1.29, 1.82) is 0 Å². The van der Waals surface area contributed by atoms with E-state index in [1.807, 2.05) is 18.2 Å². The first kappa shape index (κ1) is 18.4. The molecule has 0 spiro atoms. The molecule has 0 unspecified atom stereocenters. The van der Waals surface area contributed by atoms with Gasteiger partial charge in [-0.2, -0.15) is 0 Å². The van der Waals surface area contributed by atoms with Gasteiger partial charge in [0.15, 0.2) is 0 Å². The van der Waals surface area contributed by atoms with E-state index in [1.165, 1.54) is 23.3 Å². The molecule has 2 aliphatic carbocycles. The highest BCUT2D eigenvalue weighted by molar-refractivity contribution is 6.06. The van der Waals surface area contributed by atoms with Gasteiger partial charge in [-0.1, -0.05) is 18.7 Å².